The van der Waals surface area contributed by atoms with Gasteiger partial charge in [0.1, 0.15) is 11.6 Å². The fraction of sp³-hybridized carbons (Fsp3) is 0. The molecular weight excluding hydrogens is 327 g/mol. The molecule has 0 bridgehead atoms. The Hall–Kier alpha value is -2.21. The third-order valence-corrected chi connectivity index (χ3v) is 2.95. The Kier molecular flexibility index (Phi) is 4.47. The van der Waals surface area contributed by atoms with Crippen LogP contribution in [0.4, 0.5) is 4.39 Å². The van der Waals surface area contributed by atoms with Crippen LogP contribution in [0.15, 0.2) is 52.0 Å². The van der Waals surface area contributed by atoms with Gasteiger partial charge >= 0.3 is 0 Å². The summed E-state index contributed by atoms with van der Waals surface area (Å²) in [6.07, 6.45) is 1.22. The normalized spacial score (nSPS) is 10.7. The highest BCUT2D eigenvalue weighted by atomic mass is 79.9. The minimum atomic E-state index is -0.448. The summed E-state index contributed by atoms with van der Waals surface area (Å²) in [5, 5.41) is 12.8. The van der Waals surface area contributed by atoms with Gasteiger partial charge in [-0.2, -0.15) is 5.10 Å². The molecule has 0 saturated carbocycles. The van der Waals surface area contributed by atoms with Crippen LogP contribution in [0.3, 0.4) is 0 Å². The Balaban J connectivity index is 2.04. The van der Waals surface area contributed by atoms with E-state index in [1.807, 2.05) is 0 Å². The number of benzene rings is 2. The number of nitrogens with zero attached hydrogens (tertiary/aromatic N) is 1. The van der Waals surface area contributed by atoms with E-state index < -0.39 is 11.7 Å². The van der Waals surface area contributed by atoms with Crippen LogP contribution in [0.25, 0.3) is 0 Å². The zero-order chi connectivity index (χ0) is 14.5. The van der Waals surface area contributed by atoms with Crippen LogP contribution < -0.4 is 5.43 Å². The summed E-state index contributed by atoms with van der Waals surface area (Å²) in [6, 6.07) is 10.1. The lowest BCUT2D eigenvalue weighted by atomic mass is 10.2. The molecule has 0 fully saturated rings. The van der Waals surface area contributed by atoms with Gasteiger partial charge in [-0.25, -0.2) is 9.82 Å². The number of phenols is 1. The fourth-order valence-electron chi connectivity index (χ4n) is 1.45. The van der Waals surface area contributed by atoms with Crippen LogP contribution in [-0.2, 0) is 0 Å². The zero-order valence-corrected chi connectivity index (χ0v) is 11.8. The van der Waals surface area contributed by atoms with Crippen molar-refractivity contribution in [1.29, 1.82) is 0 Å². The highest BCUT2D eigenvalue weighted by Crippen LogP contribution is 2.14. The predicted octanol–water partition coefficient (Wildman–Crippen LogP) is 3.06. The molecular formula is C14H10BrFN2O2. The van der Waals surface area contributed by atoms with E-state index in [1.165, 1.54) is 36.5 Å². The zero-order valence-electron chi connectivity index (χ0n) is 10.2. The Bertz CT molecular complexity index is 657. The van der Waals surface area contributed by atoms with Gasteiger partial charge in [-0.15, -0.1) is 0 Å². The van der Waals surface area contributed by atoms with E-state index in [4.69, 9.17) is 5.11 Å². The van der Waals surface area contributed by atoms with Gasteiger partial charge in [0.25, 0.3) is 5.91 Å². The summed E-state index contributed by atoms with van der Waals surface area (Å²) >= 11 is 3.22. The molecule has 4 nitrogen and oxygen atoms in total. The molecule has 0 aliphatic heterocycles. The maximum Gasteiger partial charge on any atom is 0.271 e. The maximum absolute atomic E-state index is 13.4. The lowest BCUT2D eigenvalue weighted by Crippen LogP contribution is -2.17. The van der Waals surface area contributed by atoms with Gasteiger partial charge in [0.05, 0.1) is 6.21 Å². The van der Waals surface area contributed by atoms with Gasteiger partial charge in [0, 0.05) is 15.6 Å². The van der Waals surface area contributed by atoms with Gasteiger partial charge in [-0.05, 0) is 42.5 Å². The van der Waals surface area contributed by atoms with Crippen LogP contribution in [0.5, 0.6) is 5.75 Å². The first-order valence-electron chi connectivity index (χ1n) is 5.64. The van der Waals surface area contributed by atoms with E-state index in [9.17, 15) is 9.18 Å². The molecule has 0 spiro atoms. The van der Waals surface area contributed by atoms with Gasteiger partial charge < -0.3 is 5.11 Å². The van der Waals surface area contributed by atoms with E-state index in [2.05, 4.69) is 26.5 Å². The number of hydrogen-bond donors (Lipinski definition) is 2. The molecule has 2 N–H and O–H groups in total. The third kappa shape index (κ3) is 3.64. The summed E-state index contributed by atoms with van der Waals surface area (Å²) in [7, 11) is 0. The van der Waals surface area contributed by atoms with Gasteiger partial charge in [-0.3, -0.25) is 4.79 Å². The van der Waals surface area contributed by atoms with Crippen molar-refractivity contribution >= 4 is 28.1 Å². The predicted molar refractivity (Wildman–Crippen MR) is 77.3 cm³/mol. The quantitative estimate of drug-likeness (QED) is 0.668. The van der Waals surface area contributed by atoms with Crippen LogP contribution in [-0.4, -0.2) is 17.2 Å². The van der Waals surface area contributed by atoms with Gasteiger partial charge in [0.2, 0.25) is 0 Å². The number of phenolic OH excluding ortho intramolecular Hbond substituents is 1. The number of carbonyl (C=O) groups is 1. The molecule has 102 valence electrons. The number of hydrazone groups is 1. The second-order valence-corrected chi connectivity index (χ2v) is 4.83. The SMILES string of the molecule is O=C(N/N=C/c1cc(Br)ccc1F)c1ccc(O)cc1. The largest absolute Gasteiger partial charge is 0.508 e. The number of hydrogen-bond acceptors (Lipinski definition) is 3. The Morgan fingerprint density at radius 1 is 1.25 bits per heavy atom. The van der Waals surface area contributed by atoms with Gasteiger partial charge in [0.15, 0.2) is 0 Å². The van der Waals surface area contributed by atoms with Crippen molar-refractivity contribution in [2.45, 2.75) is 0 Å². The molecule has 0 unspecified atom stereocenters. The Labute approximate surface area is 123 Å². The molecule has 0 atom stereocenters. The van der Waals surface area contributed by atoms with Crippen molar-refractivity contribution in [3.8, 4) is 5.75 Å². The third-order valence-electron chi connectivity index (χ3n) is 2.46. The summed E-state index contributed by atoms with van der Waals surface area (Å²) in [6.45, 7) is 0. The molecule has 0 saturated heterocycles. The molecule has 0 heterocycles. The maximum atomic E-state index is 13.4. The van der Waals surface area contributed by atoms with E-state index in [0.717, 1.165) is 0 Å². The van der Waals surface area contributed by atoms with Crippen molar-refractivity contribution in [3.05, 3.63) is 63.9 Å². The van der Waals surface area contributed by atoms with Crippen LogP contribution in [0.1, 0.15) is 15.9 Å². The van der Waals surface area contributed by atoms with Crippen LogP contribution >= 0.6 is 15.9 Å². The number of rotatable bonds is 3. The number of halogens is 2. The first-order valence-corrected chi connectivity index (χ1v) is 6.43. The lowest BCUT2D eigenvalue weighted by molar-refractivity contribution is 0.0955. The summed E-state index contributed by atoms with van der Waals surface area (Å²) in [5.41, 5.74) is 2.88. The molecule has 0 aliphatic carbocycles. The molecule has 1 amide bonds. The summed E-state index contributed by atoms with van der Waals surface area (Å²) in [4.78, 5) is 11.7. The second kappa shape index (κ2) is 6.29. The Morgan fingerprint density at radius 2 is 1.95 bits per heavy atom. The standard InChI is InChI=1S/C14H10BrFN2O2/c15-11-3-6-13(16)10(7-11)8-17-18-14(20)9-1-4-12(19)5-2-9/h1-8,19H,(H,18,20)/b17-8+. The molecule has 2 aromatic carbocycles. The highest BCUT2D eigenvalue weighted by Gasteiger charge is 2.04. The van der Waals surface area contributed by atoms with Crippen LogP contribution in [0, 0.1) is 5.82 Å². The van der Waals surface area contributed by atoms with Crippen molar-refractivity contribution in [2.75, 3.05) is 0 Å². The minimum Gasteiger partial charge on any atom is -0.508 e. The molecule has 0 radical (unpaired) electrons. The van der Waals surface area contributed by atoms with Crippen molar-refractivity contribution in [3.63, 3.8) is 0 Å². The smallest absolute Gasteiger partial charge is 0.271 e. The monoisotopic (exact) mass is 336 g/mol. The first kappa shape index (κ1) is 14.2. The molecule has 6 heteroatoms. The topological polar surface area (TPSA) is 61.7 Å². The second-order valence-electron chi connectivity index (χ2n) is 3.91. The van der Waals surface area contributed by atoms with Crippen LogP contribution in [0.2, 0.25) is 0 Å². The summed E-state index contributed by atoms with van der Waals surface area (Å²) < 4.78 is 14.1. The Morgan fingerprint density at radius 3 is 2.65 bits per heavy atom. The minimum absolute atomic E-state index is 0.0706. The molecule has 20 heavy (non-hydrogen) atoms. The van der Waals surface area contributed by atoms with E-state index >= 15 is 0 Å². The number of aromatic hydroxyl groups is 1. The van der Waals surface area contributed by atoms with Crippen molar-refractivity contribution in [1.82, 2.24) is 5.43 Å². The van der Waals surface area contributed by atoms with Crippen molar-refractivity contribution in [2.24, 2.45) is 5.10 Å². The average molecular weight is 337 g/mol. The molecule has 0 aromatic heterocycles. The number of amides is 1. The molecule has 2 aromatic rings. The number of nitrogens with one attached hydrogen (secondary N) is 1. The lowest BCUT2D eigenvalue weighted by Gasteiger charge is -2.00. The molecule has 2 rings (SSSR count). The van der Waals surface area contributed by atoms with Gasteiger partial charge in [-0.1, -0.05) is 15.9 Å². The summed E-state index contributed by atoms with van der Waals surface area (Å²) in [5.74, 6) is -0.811. The fourth-order valence-corrected chi connectivity index (χ4v) is 1.83. The van der Waals surface area contributed by atoms with E-state index in [1.54, 1.807) is 12.1 Å². The van der Waals surface area contributed by atoms with E-state index in [-0.39, 0.29) is 11.3 Å². The van der Waals surface area contributed by atoms with E-state index in [0.29, 0.717) is 10.0 Å². The highest BCUT2D eigenvalue weighted by molar-refractivity contribution is 9.10. The molecule has 0 aliphatic rings. The van der Waals surface area contributed by atoms with Crippen molar-refractivity contribution < 1.29 is 14.3 Å². The first-order chi connectivity index (χ1) is 9.56. The number of carbonyl (C=O) groups excluding carboxylic acids is 1. The average Bonchev–Trinajstić information content (AvgIpc) is 2.43.